The zero-order valence-corrected chi connectivity index (χ0v) is 9.47. The van der Waals surface area contributed by atoms with Crippen LogP contribution in [0.1, 0.15) is 39.5 Å². The SMILES string of the molecule is CNC(=O)C(C)NC(C)C1CCCC1. The van der Waals surface area contributed by atoms with Gasteiger partial charge in [-0.2, -0.15) is 0 Å². The Labute approximate surface area is 86.6 Å². The van der Waals surface area contributed by atoms with E-state index in [2.05, 4.69) is 17.6 Å². The minimum absolute atomic E-state index is 0.0735. The van der Waals surface area contributed by atoms with Gasteiger partial charge in [0.05, 0.1) is 6.04 Å². The van der Waals surface area contributed by atoms with Gasteiger partial charge in [-0.1, -0.05) is 12.8 Å². The van der Waals surface area contributed by atoms with Crippen LogP contribution >= 0.6 is 0 Å². The van der Waals surface area contributed by atoms with Crippen LogP contribution in [-0.4, -0.2) is 25.0 Å². The molecule has 1 aliphatic carbocycles. The van der Waals surface area contributed by atoms with Crippen LogP contribution in [0.4, 0.5) is 0 Å². The van der Waals surface area contributed by atoms with Crippen molar-refractivity contribution in [2.45, 2.75) is 51.6 Å². The Bertz CT molecular complexity index is 188. The van der Waals surface area contributed by atoms with Gasteiger partial charge in [0.15, 0.2) is 0 Å². The van der Waals surface area contributed by atoms with Crippen LogP contribution in [-0.2, 0) is 4.79 Å². The van der Waals surface area contributed by atoms with Gasteiger partial charge in [0, 0.05) is 13.1 Å². The predicted molar refractivity (Wildman–Crippen MR) is 58.1 cm³/mol. The molecule has 0 bridgehead atoms. The summed E-state index contributed by atoms with van der Waals surface area (Å²) in [5.41, 5.74) is 0. The fourth-order valence-electron chi connectivity index (χ4n) is 2.28. The second-order valence-corrected chi connectivity index (χ2v) is 4.34. The Balaban J connectivity index is 2.31. The van der Waals surface area contributed by atoms with Crippen molar-refractivity contribution in [3.63, 3.8) is 0 Å². The van der Waals surface area contributed by atoms with Crippen molar-refractivity contribution < 1.29 is 4.79 Å². The monoisotopic (exact) mass is 198 g/mol. The predicted octanol–water partition coefficient (Wildman–Crippen LogP) is 1.29. The molecule has 0 saturated heterocycles. The average Bonchev–Trinajstić information content (AvgIpc) is 2.69. The summed E-state index contributed by atoms with van der Waals surface area (Å²) in [4.78, 5) is 11.3. The fraction of sp³-hybridized carbons (Fsp3) is 0.909. The summed E-state index contributed by atoms with van der Waals surface area (Å²) in [7, 11) is 1.68. The quantitative estimate of drug-likeness (QED) is 0.714. The van der Waals surface area contributed by atoms with Crippen molar-refractivity contribution in [2.24, 2.45) is 5.92 Å². The van der Waals surface area contributed by atoms with E-state index in [1.807, 2.05) is 6.92 Å². The maximum Gasteiger partial charge on any atom is 0.236 e. The fourth-order valence-corrected chi connectivity index (χ4v) is 2.28. The van der Waals surface area contributed by atoms with E-state index >= 15 is 0 Å². The number of hydrogen-bond acceptors (Lipinski definition) is 2. The second-order valence-electron chi connectivity index (χ2n) is 4.34. The zero-order chi connectivity index (χ0) is 10.6. The zero-order valence-electron chi connectivity index (χ0n) is 9.47. The molecule has 0 spiro atoms. The Hall–Kier alpha value is -0.570. The molecule has 0 heterocycles. The van der Waals surface area contributed by atoms with Gasteiger partial charge in [0.2, 0.25) is 5.91 Å². The van der Waals surface area contributed by atoms with Gasteiger partial charge in [0.25, 0.3) is 0 Å². The molecule has 1 amide bonds. The van der Waals surface area contributed by atoms with Gasteiger partial charge in [-0.05, 0) is 32.6 Å². The first-order valence-electron chi connectivity index (χ1n) is 5.62. The smallest absolute Gasteiger partial charge is 0.236 e. The molecular formula is C11H22N2O. The van der Waals surface area contributed by atoms with Crippen molar-refractivity contribution in [3.05, 3.63) is 0 Å². The third kappa shape index (κ3) is 2.98. The number of amides is 1. The van der Waals surface area contributed by atoms with Gasteiger partial charge < -0.3 is 10.6 Å². The summed E-state index contributed by atoms with van der Waals surface area (Å²) >= 11 is 0. The first kappa shape index (κ1) is 11.5. The maximum atomic E-state index is 11.3. The second kappa shape index (κ2) is 5.35. The molecule has 2 unspecified atom stereocenters. The minimum Gasteiger partial charge on any atom is -0.358 e. The molecule has 0 aromatic carbocycles. The highest BCUT2D eigenvalue weighted by atomic mass is 16.2. The van der Waals surface area contributed by atoms with Crippen LogP contribution in [0.15, 0.2) is 0 Å². The van der Waals surface area contributed by atoms with Gasteiger partial charge in [-0.3, -0.25) is 4.79 Å². The summed E-state index contributed by atoms with van der Waals surface area (Å²) in [6, 6.07) is 0.389. The molecule has 0 aliphatic heterocycles. The molecule has 3 nitrogen and oxygen atoms in total. The Morgan fingerprint density at radius 3 is 2.36 bits per heavy atom. The third-order valence-electron chi connectivity index (χ3n) is 3.26. The van der Waals surface area contributed by atoms with Crippen LogP contribution in [0.2, 0.25) is 0 Å². The van der Waals surface area contributed by atoms with E-state index in [9.17, 15) is 4.79 Å². The lowest BCUT2D eigenvalue weighted by atomic mass is 9.99. The third-order valence-corrected chi connectivity index (χ3v) is 3.26. The van der Waals surface area contributed by atoms with E-state index in [0.717, 1.165) is 5.92 Å². The van der Waals surface area contributed by atoms with E-state index in [1.165, 1.54) is 25.7 Å². The van der Waals surface area contributed by atoms with Gasteiger partial charge >= 0.3 is 0 Å². The average molecular weight is 198 g/mol. The highest BCUT2D eigenvalue weighted by molar-refractivity contribution is 5.80. The molecule has 82 valence electrons. The van der Waals surface area contributed by atoms with Crippen molar-refractivity contribution in [3.8, 4) is 0 Å². The molecular weight excluding hydrogens is 176 g/mol. The lowest BCUT2D eigenvalue weighted by molar-refractivity contribution is -0.122. The first-order chi connectivity index (χ1) is 6.65. The number of hydrogen-bond donors (Lipinski definition) is 2. The van der Waals surface area contributed by atoms with Crippen LogP contribution in [0.3, 0.4) is 0 Å². The highest BCUT2D eigenvalue weighted by Gasteiger charge is 2.23. The summed E-state index contributed by atoms with van der Waals surface area (Å²) in [6.45, 7) is 4.11. The molecule has 1 fully saturated rings. The lowest BCUT2D eigenvalue weighted by Crippen LogP contribution is -2.46. The molecule has 14 heavy (non-hydrogen) atoms. The molecule has 0 aromatic heterocycles. The maximum absolute atomic E-state index is 11.3. The topological polar surface area (TPSA) is 41.1 Å². The Morgan fingerprint density at radius 1 is 1.29 bits per heavy atom. The van der Waals surface area contributed by atoms with Crippen LogP contribution in [0.25, 0.3) is 0 Å². The molecule has 0 aromatic rings. The van der Waals surface area contributed by atoms with E-state index in [1.54, 1.807) is 7.05 Å². The van der Waals surface area contributed by atoms with Gasteiger partial charge in [-0.25, -0.2) is 0 Å². The van der Waals surface area contributed by atoms with Crippen molar-refractivity contribution >= 4 is 5.91 Å². The number of rotatable bonds is 4. The van der Waals surface area contributed by atoms with E-state index in [4.69, 9.17) is 0 Å². The van der Waals surface area contributed by atoms with Crippen LogP contribution < -0.4 is 10.6 Å². The summed E-state index contributed by atoms with van der Waals surface area (Å²) in [5, 5.41) is 6.02. The molecule has 2 atom stereocenters. The highest BCUT2D eigenvalue weighted by Crippen LogP contribution is 2.27. The van der Waals surface area contributed by atoms with Gasteiger partial charge in [0.1, 0.15) is 0 Å². The first-order valence-corrected chi connectivity index (χ1v) is 5.62. The van der Waals surface area contributed by atoms with Crippen molar-refractivity contribution in [1.29, 1.82) is 0 Å². The number of carbonyl (C=O) groups excluding carboxylic acids is 1. The molecule has 0 radical (unpaired) electrons. The Morgan fingerprint density at radius 2 is 1.86 bits per heavy atom. The van der Waals surface area contributed by atoms with E-state index in [0.29, 0.717) is 6.04 Å². The molecule has 1 saturated carbocycles. The number of nitrogens with one attached hydrogen (secondary N) is 2. The number of carbonyl (C=O) groups is 1. The molecule has 3 heteroatoms. The van der Waals surface area contributed by atoms with Crippen LogP contribution in [0, 0.1) is 5.92 Å². The van der Waals surface area contributed by atoms with E-state index < -0.39 is 0 Å². The molecule has 1 rings (SSSR count). The molecule has 1 aliphatic rings. The standard InChI is InChI=1S/C11H22N2O/c1-8(10-6-4-5-7-10)13-9(2)11(14)12-3/h8-10,13H,4-7H2,1-3H3,(H,12,14). The van der Waals surface area contributed by atoms with E-state index in [-0.39, 0.29) is 11.9 Å². The normalized spacial score (nSPS) is 21.9. The van der Waals surface area contributed by atoms with Crippen LogP contribution in [0.5, 0.6) is 0 Å². The molecule has 2 N–H and O–H groups in total. The van der Waals surface area contributed by atoms with Crippen molar-refractivity contribution in [1.82, 2.24) is 10.6 Å². The summed E-state index contributed by atoms with van der Waals surface area (Å²) in [5.74, 6) is 0.844. The largest absolute Gasteiger partial charge is 0.358 e. The minimum atomic E-state index is -0.0735. The Kier molecular flexibility index (Phi) is 4.39. The van der Waals surface area contributed by atoms with Gasteiger partial charge in [-0.15, -0.1) is 0 Å². The number of likely N-dealkylation sites (N-methyl/N-ethyl adjacent to an activating group) is 1. The summed E-state index contributed by atoms with van der Waals surface area (Å²) in [6.07, 6.45) is 5.33. The van der Waals surface area contributed by atoms with Crippen molar-refractivity contribution in [2.75, 3.05) is 7.05 Å². The summed E-state index contributed by atoms with van der Waals surface area (Å²) < 4.78 is 0. The lowest BCUT2D eigenvalue weighted by Gasteiger charge is -2.23.